The maximum atomic E-state index is 12.9. The monoisotopic (exact) mass is 427 g/mol. The maximum absolute atomic E-state index is 12.9. The van der Waals surface area contributed by atoms with Gasteiger partial charge in [0.25, 0.3) is 0 Å². The van der Waals surface area contributed by atoms with E-state index in [1.807, 2.05) is 30.9 Å². The average molecular weight is 427 g/mol. The summed E-state index contributed by atoms with van der Waals surface area (Å²) < 4.78 is 21.7. The summed E-state index contributed by atoms with van der Waals surface area (Å²) in [6, 6.07) is 10.4. The Balaban J connectivity index is 1.90. The van der Waals surface area contributed by atoms with Crippen molar-refractivity contribution in [3.8, 4) is 17.2 Å². The zero-order chi connectivity index (χ0) is 22.5. The fourth-order valence-corrected chi connectivity index (χ4v) is 3.78. The van der Waals surface area contributed by atoms with Crippen LogP contribution < -0.4 is 14.2 Å². The van der Waals surface area contributed by atoms with E-state index in [4.69, 9.17) is 18.9 Å². The molecule has 1 aliphatic heterocycles. The van der Waals surface area contributed by atoms with Crippen LogP contribution in [0, 0.1) is 5.92 Å². The Hall–Kier alpha value is -3.22. The first kappa shape index (κ1) is 22.5. The first-order valence-corrected chi connectivity index (χ1v) is 10.3. The van der Waals surface area contributed by atoms with E-state index in [-0.39, 0.29) is 24.5 Å². The summed E-state index contributed by atoms with van der Waals surface area (Å²) in [5, 5.41) is 0. The number of amides is 1. The number of fused-ring (bicyclic) bond motifs is 1. The van der Waals surface area contributed by atoms with Crippen molar-refractivity contribution in [3.05, 3.63) is 53.1 Å². The van der Waals surface area contributed by atoms with Crippen LogP contribution in [0.5, 0.6) is 17.2 Å². The Kier molecular flexibility index (Phi) is 7.05. The van der Waals surface area contributed by atoms with Gasteiger partial charge in [-0.1, -0.05) is 13.8 Å². The highest BCUT2D eigenvalue weighted by Gasteiger charge is 2.33. The maximum Gasteiger partial charge on any atom is 0.337 e. The van der Waals surface area contributed by atoms with Crippen molar-refractivity contribution in [2.45, 2.75) is 26.3 Å². The molecule has 0 spiro atoms. The molecule has 2 aromatic carbocycles. The lowest BCUT2D eigenvalue weighted by molar-refractivity contribution is -0.138. The number of esters is 1. The topological polar surface area (TPSA) is 74.3 Å². The molecule has 0 saturated heterocycles. The molecule has 0 radical (unpaired) electrons. The molecule has 31 heavy (non-hydrogen) atoms. The minimum absolute atomic E-state index is 0.0788. The lowest BCUT2D eigenvalue weighted by Crippen LogP contribution is -2.44. The molecule has 1 atom stereocenters. The van der Waals surface area contributed by atoms with E-state index in [1.54, 1.807) is 38.5 Å². The third-order valence-corrected chi connectivity index (χ3v) is 5.46. The number of rotatable bonds is 7. The molecule has 0 bridgehead atoms. The van der Waals surface area contributed by atoms with Crippen LogP contribution in [0.2, 0.25) is 0 Å². The Morgan fingerprint density at radius 2 is 1.68 bits per heavy atom. The second-order valence-corrected chi connectivity index (χ2v) is 7.69. The number of ether oxygens (including phenoxy) is 4. The number of carbonyl (C=O) groups excluding carboxylic acids is 2. The second kappa shape index (κ2) is 9.73. The van der Waals surface area contributed by atoms with Gasteiger partial charge in [-0.25, -0.2) is 4.79 Å². The average Bonchev–Trinajstić information content (AvgIpc) is 2.80. The molecule has 0 unspecified atom stereocenters. The molecular weight excluding hydrogens is 398 g/mol. The molecule has 7 nitrogen and oxygen atoms in total. The molecule has 1 amide bonds. The van der Waals surface area contributed by atoms with Gasteiger partial charge >= 0.3 is 5.97 Å². The fraction of sp³-hybridized carbons (Fsp3) is 0.417. The van der Waals surface area contributed by atoms with Gasteiger partial charge in [0.05, 0.1) is 32.9 Å². The van der Waals surface area contributed by atoms with E-state index >= 15 is 0 Å². The molecule has 0 aliphatic carbocycles. The van der Waals surface area contributed by atoms with Crippen molar-refractivity contribution in [2.24, 2.45) is 5.92 Å². The number of hydrogen-bond donors (Lipinski definition) is 0. The van der Waals surface area contributed by atoms with Gasteiger partial charge in [-0.05, 0) is 53.9 Å². The van der Waals surface area contributed by atoms with Crippen molar-refractivity contribution >= 4 is 11.9 Å². The Bertz CT molecular complexity index is 938. The molecule has 0 fully saturated rings. The summed E-state index contributed by atoms with van der Waals surface area (Å²) >= 11 is 0. The highest BCUT2D eigenvalue weighted by molar-refractivity contribution is 5.89. The molecule has 1 aliphatic rings. The van der Waals surface area contributed by atoms with Gasteiger partial charge in [0.2, 0.25) is 5.91 Å². The minimum Gasteiger partial charge on any atom is -0.493 e. The van der Waals surface area contributed by atoms with E-state index in [0.717, 1.165) is 17.5 Å². The van der Waals surface area contributed by atoms with Crippen LogP contribution in [0.15, 0.2) is 36.4 Å². The van der Waals surface area contributed by atoms with Crippen molar-refractivity contribution in [2.75, 3.05) is 34.5 Å². The number of benzene rings is 2. The Morgan fingerprint density at radius 3 is 2.26 bits per heavy atom. The van der Waals surface area contributed by atoms with E-state index in [2.05, 4.69) is 0 Å². The summed E-state index contributed by atoms with van der Waals surface area (Å²) in [7, 11) is 4.55. The molecule has 166 valence electrons. The third kappa shape index (κ3) is 4.76. The van der Waals surface area contributed by atoms with E-state index in [1.165, 1.54) is 7.11 Å². The van der Waals surface area contributed by atoms with Gasteiger partial charge in [-0.3, -0.25) is 4.79 Å². The second-order valence-electron chi connectivity index (χ2n) is 7.69. The summed E-state index contributed by atoms with van der Waals surface area (Å²) in [4.78, 5) is 26.4. The molecule has 0 aromatic heterocycles. The summed E-state index contributed by atoms with van der Waals surface area (Å²) in [6.07, 6.45) is 0.735. The van der Waals surface area contributed by atoms with Crippen LogP contribution in [0.25, 0.3) is 0 Å². The summed E-state index contributed by atoms with van der Waals surface area (Å²) in [5.74, 6) is 1.45. The van der Waals surface area contributed by atoms with Crippen LogP contribution >= 0.6 is 0 Å². The molecule has 7 heteroatoms. The van der Waals surface area contributed by atoms with E-state index in [9.17, 15) is 9.59 Å². The van der Waals surface area contributed by atoms with Crippen molar-refractivity contribution in [1.29, 1.82) is 0 Å². The van der Waals surface area contributed by atoms with Crippen molar-refractivity contribution in [3.63, 3.8) is 0 Å². The summed E-state index contributed by atoms with van der Waals surface area (Å²) in [6.45, 7) is 4.68. The fourth-order valence-electron chi connectivity index (χ4n) is 3.78. The normalized spacial score (nSPS) is 15.3. The van der Waals surface area contributed by atoms with Gasteiger partial charge in [0.1, 0.15) is 12.4 Å². The van der Waals surface area contributed by atoms with Crippen LogP contribution in [-0.4, -0.2) is 51.3 Å². The SMILES string of the molecule is COC(=O)c1ccc(OC[C@@H]2c3cc(OC)c(OC)cc3CCN2C(=O)C(C)C)cc1. The first-order valence-electron chi connectivity index (χ1n) is 10.3. The standard InChI is InChI=1S/C24H29NO6/c1-15(2)23(26)25-11-10-17-12-21(28-3)22(29-4)13-19(17)20(25)14-31-18-8-6-16(7-9-18)24(27)30-5/h6-9,12-13,15,20H,10-11,14H2,1-5H3/t20-/m1/s1. The lowest BCUT2D eigenvalue weighted by atomic mass is 9.91. The van der Waals surface area contributed by atoms with Gasteiger partial charge in [-0.2, -0.15) is 0 Å². The molecule has 0 saturated carbocycles. The molecule has 2 aromatic rings. The third-order valence-electron chi connectivity index (χ3n) is 5.46. The number of carbonyl (C=O) groups is 2. The van der Waals surface area contributed by atoms with Crippen molar-refractivity contribution < 1.29 is 28.5 Å². The molecular formula is C24H29NO6. The van der Waals surface area contributed by atoms with Crippen molar-refractivity contribution in [1.82, 2.24) is 4.90 Å². The number of nitrogens with zero attached hydrogens (tertiary/aromatic N) is 1. The quantitative estimate of drug-likeness (QED) is 0.628. The molecule has 1 heterocycles. The lowest BCUT2D eigenvalue weighted by Gasteiger charge is -2.38. The Labute approximate surface area is 182 Å². The van der Waals surface area contributed by atoms with Gasteiger partial charge in [-0.15, -0.1) is 0 Å². The predicted octanol–water partition coefficient (Wildman–Crippen LogP) is 3.65. The van der Waals surface area contributed by atoms with Gasteiger partial charge < -0.3 is 23.8 Å². The first-order chi connectivity index (χ1) is 14.9. The zero-order valence-corrected chi connectivity index (χ0v) is 18.6. The smallest absolute Gasteiger partial charge is 0.337 e. The van der Waals surface area contributed by atoms with E-state index in [0.29, 0.717) is 29.4 Å². The highest BCUT2D eigenvalue weighted by Crippen LogP contribution is 2.39. The molecule has 3 rings (SSSR count). The van der Waals surface area contributed by atoms with E-state index < -0.39 is 5.97 Å². The predicted molar refractivity (Wildman–Crippen MR) is 116 cm³/mol. The van der Waals surface area contributed by atoms with Crippen LogP contribution in [0.4, 0.5) is 0 Å². The largest absolute Gasteiger partial charge is 0.493 e. The Morgan fingerprint density at radius 1 is 1.03 bits per heavy atom. The summed E-state index contributed by atoms with van der Waals surface area (Å²) in [5.41, 5.74) is 2.55. The molecule has 0 N–H and O–H groups in total. The zero-order valence-electron chi connectivity index (χ0n) is 18.6. The van der Waals surface area contributed by atoms with Crippen LogP contribution in [0.1, 0.15) is 41.4 Å². The van der Waals surface area contributed by atoms with Crippen LogP contribution in [0.3, 0.4) is 0 Å². The highest BCUT2D eigenvalue weighted by atomic mass is 16.5. The van der Waals surface area contributed by atoms with Gasteiger partial charge in [0.15, 0.2) is 11.5 Å². The number of hydrogen-bond acceptors (Lipinski definition) is 6. The minimum atomic E-state index is -0.400. The number of methoxy groups -OCH3 is 3. The van der Waals surface area contributed by atoms with Gasteiger partial charge in [0, 0.05) is 12.5 Å². The van der Waals surface area contributed by atoms with Crippen LogP contribution in [-0.2, 0) is 16.0 Å².